The Morgan fingerprint density at radius 2 is 1.67 bits per heavy atom. The average molecular weight is 396 g/mol. The number of rotatable bonds is 3. The van der Waals surface area contributed by atoms with Gasteiger partial charge in [0.1, 0.15) is 23.4 Å². The number of imidazole rings is 1. The summed E-state index contributed by atoms with van der Waals surface area (Å²) in [6.45, 7) is 0. The van der Waals surface area contributed by atoms with E-state index < -0.39 is 0 Å². The van der Waals surface area contributed by atoms with Crippen LogP contribution in [0.15, 0.2) is 54.6 Å². The molecule has 2 aromatic heterocycles. The van der Waals surface area contributed by atoms with E-state index >= 15 is 0 Å². The van der Waals surface area contributed by atoms with Crippen LogP contribution in [0.1, 0.15) is 49.3 Å². The van der Waals surface area contributed by atoms with Crippen molar-refractivity contribution in [1.82, 2.24) is 15.0 Å². The number of H-pyrrole nitrogens is 1. The Morgan fingerprint density at radius 1 is 0.900 bits per heavy atom. The molecule has 0 atom stereocenters. The molecule has 0 spiro atoms. The number of nitriles is 1. The third-order valence-electron chi connectivity index (χ3n) is 6.01. The second kappa shape index (κ2) is 7.72. The summed E-state index contributed by atoms with van der Waals surface area (Å²) in [5.41, 5.74) is 4.98. The molecule has 0 amide bonds. The highest BCUT2D eigenvalue weighted by Gasteiger charge is 2.16. The highest BCUT2D eigenvalue weighted by Crippen LogP contribution is 2.34. The lowest BCUT2D eigenvalue weighted by Crippen LogP contribution is -2.04. The minimum absolute atomic E-state index is 0.285. The average Bonchev–Trinajstić information content (AvgIpc) is 3.22. The van der Waals surface area contributed by atoms with Gasteiger partial charge in [0.25, 0.3) is 0 Å². The van der Waals surface area contributed by atoms with Crippen molar-refractivity contribution >= 4 is 11.2 Å². The number of halogens is 1. The number of pyridine rings is 1. The zero-order valence-corrected chi connectivity index (χ0v) is 16.5. The first kappa shape index (κ1) is 18.5. The summed E-state index contributed by atoms with van der Waals surface area (Å²) in [6.07, 6.45) is 6.51. The van der Waals surface area contributed by atoms with Crippen LogP contribution >= 0.6 is 0 Å². The van der Waals surface area contributed by atoms with Gasteiger partial charge >= 0.3 is 0 Å². The van der Waals surface area contributed by atoms with Gasteiger partial charge in [0.15, 0.2) is 5.65 Å². The van der Waals surface area contributed by atoms with Gasteiger partial charge in [0.05, 0.1) is 11.1 Å². The fourth-order valence-corrected chi connectivity index (χ4v) is 4.35. The Hall–Kier alpha value is -3.52. The van der Waals surface area contributed by atoms with Crippen molar-refractivity contribution < 1.29 is 4.39 Å². The van der Waals surface area contributed by atoms with Crippen molar-refractivity contribution in [3.63, 3.8) is 0 Å². The number of fused-ring (bicyclic) bond motifs is 1. The van der Waals surface area contributed by atoms with E-state index in [0.717, 1.165) is 11.1 Å². The molecule has 5 heteroatoms. The lowest BCUT2D eigenvalue weighted by molar-refractivity contribution is 0.443. The first-order chi connectivity index (χ1) is 14.7. The van der Waals surface area contributed by atoms with E-state index in [2.05, 4.69) is 39.2 Å². The van der Waals surface area contributed by atoms with Crippen LogP contribution in [0.3, 0.4) is 0 Å². The van der Waals surface area contributed by atoms with Crippen LogP contribution < -0.4 is 0 Å². The standard InChI is InChI=1S/C25H21FN4/c26-22-14-19(18-8-6-17(7-9-18)16-4-2-1-3-5-16)10-12-21(22)24-29-23-13-11-20(15-27)28-25(23)30-24/h6-14,16H,1-5H2,(H,28,29,30). The van der Waals surface area contributed by atoms with E-state index in [1.54, 1.807) is 24.3 Å². The summed E-state index contributed by atoms with van der Waals surface area (Å²) in [5.74, 6) is 0.725. The number of nitrogens with one attached hydrogen (secondary N) is 1. The molecule has 2 aromatic carbocycles. The molecular formula is C25H21FN4. The summed E-state index contributed by atoms with van der Waals surface area (Å²) in [7, 11) is 0. The predicted octanol–water partition coefficient (Wildman–Crippen LogP) is 6.35. The van der Waals surface area contributed by atoms with Crippen molar-refractivity contribution in [3.8, 4) is 28.6 Å². The van der Waals surface area contributed by atoms with Gasteiger partial charge in [0, 0.05) is 0 Å². The van der Waals surface area contributed by atoms with Crippen molar-refractivity contribution in [2.45, 2.75) is 38.0 Å². The Labute approximate surface area is 174 Å². The fourth-order valence-electron chi connectivity index (χ4n) is 4.35. The van der Waals surface area contributed by atoms with Crippen LogP contribution in [-0.2, 0) is 0 Å². The molecule has 1 saturated carbocycles. The molecule has 0 unspecified atom stereocenters. The smallest absolute Gasteiger partial charge is 0.179 e. The van der Waals surface area contributed by atoms with Gasteiger partial charge in [-0.15, -0.1) is 0 Å². The zero-order chi connectivity index (χ0) is 20.5. The van der Waals surface area contributed by atoms with Gasteiger partial charge in [0.2, 0.25) is 0 Å². The van der Waals surface area contributed by atoms with Crippen LogP contribution in [0.2, 0.25) is 0 Å². The largest absolute Gasteiger partial charge is 0.336 e. The number of hydrogen-bond acceptors (Lipinski definition) is 3. The first-order valence-corrected chi connectivity index (χ1v) is 10.4. The van der Waals surface area contributed by atoms with E-state index in [-0.39, 0.29) is 11.5 Å². The highest BCUT2D eigenvalue weighted by molar-refractivity contribution is 5.77. The molecule has 1 aliphatic rings. The number of aromatic amines is 1. The van der Waals surface area contributed by atoms with Crippen molar-refractivity contribution in [2.75, 3.05) is 0 Å². The molecule has 148 valence electrons. The summed E-state index contributed by atoms with van der Waals surface area (Å²) in [5, 5.41) is 8.98. The Bertz CT molecular complexity index is 1240. The Balaban J connectivity index is 1.42. The summed E-state index contributed by atoms with van der Waals surface area (Å²) in [6, 6.07) is 19.1. The third kappa shape index (κ3) is 3.46. The van der Waals surface area contributed by atoms with E-state index in [4.69, 9.17) is 5.26 Å². The fraction of sp³-hybridized carbons (Fsp3) is 0.240. The molecule has 30 heavy (non-hydrogen) atoms. The lowest BCUT2D eigenvalue weighted by atomic mass is 9.83. The van der Waals surface area contributed by atoms with Crippen LogP contribution in [0.25, 0.3) is 33.7 Å². The van der Waals surface area contributed by atoms with Crippen LogP contribution in [0.5, 0.6) is 0 Å². The van der Waals surface area contributed by atoms with Crippen molar-refractivity contribution in [3.05, 3.63) is 71.7 Å². The molecule has 4 nitrogen and oxygen atoms in total. The molecule has 5 rings (SSSR count). The Morgan fingerprint density at radius 3 is 2.40 bits per heavy atom. The molecule has 1 N–H and O–H groups in total. The van der Waals surface area contributed by atoms with Gasteiger partial charge in [-0.1, -0.05) is 49.6 Å². The summed E-state index contributed by atoms with van der Waals surface area (Å²) >= 11 is 0. The van der Waals surface area contributed by atoms with Gasteiger partial charge in [-0.25, -0.2) is 14.4 Å². The van der Waals surface area contributed by atoms with E-state index in [0.29, 0.717) is 28.5 Å². The van der Waals surface area contributed by atoms with Crippen LogP contribution in [-0.4, -0.2) is 15.0 Å². The second-order valence-corrected chi connectivity index (χ2v) is 7.92. The Kier molecular flexibility index (Phi) is 4.76. The molecule has 0 radical (unpaired) electrons. The lowest BCUT2D eigenvalue weighted by Gasteiger charge is -2.22. The van der Waals surface area contributed by atoms with Crippen LogP contribution in [0.4, 0.5) is 4.39 Å². The normalized spacial score (nSPS) is 14.7. The zero-order valence-electron chi connectivity index (χ0n) is 16.5. The first-order valence-electron chi connectivity index (χ1n) is 10.4. The maximum atomic E-state index is 14.9. The van der Waals surface area contributed by atoms with Crippen LogP contribution in [0, 0.1) is 17.1 Å². The summed E-state index contributed by atoms with van der Waals surface area (Å²) < 4.78 is 14.9. The molecular weight excluding hydrogens is 375 g/mol. The predicted molar refractivity (Wildman–Crippen MR) is 115 cm³/mol. The highest BCUT2D eigenvalue weighted by atomic mass is 19.1. The monoisotopic (exact) mass is 396 g/mol. The molecule has 0 aliphatic heterocycles. The maximum absolute atomic E-state index is 14.9. The number of aromatic nitrogens is 3. The van der Waals surface area contributed by atoms with Gasteiger partial charge < -0.3 is 4.98 Å². The maximum Gasteiger partial charge on any atom is 0.179 e. The second-order valence-electron chi connectivity index (χ2n) is 7.92. The topological polar surface area (TPSA) is 65.4 Å². The van der Waals surface area contributed by atoms with Gasteiger partial charge in [-0.3, -0.25) is 0 Å². The van der Waals surface area contributed by atoms with Crippen molar-refractivity contribution in [2.24, 2.45) is 0 Å². The molecule has 1 fully saturated rings. The summed E-state index contributed by atoms with van der Waals surface area (Å²) in [4.78, 5) is 11.6. The van der Waals surface area contributed by atoms with E-state index in [1.807, 2.05) is 12.1 Å². The molecule has 2 heterocycles. The van der Waals surface area contributed by atoms with E-state index in [1.165, 1.54) is 37.7 Å². The molecule has 4 aromatic rings. The SMILES string of the molecule is N#Cc1ccc2[nH]c(-c3ccc(-c4ccc(C5CCCCC5)cc4)cc3F)nc2n1. The van der Waals surface area contributed by atoms with Gasteiger partial charge in [-0.05, 0) is 59.7 Å². The molecule has 0 bridgehead atoms. The minimum atomic E-state index is -0.344. The number of hydrogen-bond donors (Lipinski definition) is 1. The van der Waals surface area contributed by atoms with E-state index in [9.17, 15) is 4.39 Å². The third-order valence-corrected chi connectivity index (χ3v) is 6.01. The number of benzene rings is 2. The molecule has 0 saturated heterocycles. The van der Waals surface area contributed by atoms with Crippen molar-refractivity contribution in [1.29, 1.82) is 5.26 Å². The minimum Gasteiger partial charge on any atom is -0.336 e. The number of nitrogens with zero attached hydrogens (tertiary/aromatic N) is 3. The van der Waals surface area contributed by atoms with Gasteiger partial charge in [-0.2, -0.15) is 5.26 Å². The molecule has 1 aliphatic carbocycles. The quantitative estimate of drug-likeness (QED) is 0.439.